The number of rotatable bonds is 3. The Morgan fingerprint density at radius 2 is 2.07 bits per heavy atom. The fourth-order valence-electron chi connectivity index (χ4n) is 1.33. The molecule has 0 radical (unpaired) electrons. The van der Waals surface area contributed by atoms with Gasteiger partial charge in [0.25, 0.3) is 0 Å². The molecule has 0 fully saturated rings. The molecule has 3 heteroatoms. The van der Waals surface area contributed by atoms with Gasteiger partial charge in [0.1, 0.15) is 0 Å². The van der Waals surface area contributed by atoms with Crippen LogP contribution >= 0.6 is 0 Å². The molecule has 1 rings (SSSR count). The van der Waals surface area contributed by atoms with Crippen molar-refractivity contribution in [3.8, 4) is 0 Å². The van der Waals surface area contributed by atoms with Gasteiger partial charge in [-0.2, -0.15) is 0 Å². The van der Waals surface area contributed by atoms with Gasteiger partial charge in [-0.3, -0.25) is 4.21 Å². The quantitative estimate of drug-likeness (QED) is 0.828. The minimum Gasteiger partial charge on any atom is -0.329 e. The maximum absolute atomic E-state index is 11.9. The zero-order valence-corrected chi connectivity index (χ0v) is 9.73. The highest BCUT2D eigenvalue weighted by atomic mass is 32.2. The van der Waals surface area contributed by atoms with Crippen LogP contribution in [0.4, 0.5) is 0 Å². The number of hydrogen-bond donors (Lipinski definition) is 1. The molecule has 2 unspecified atom stereocenters. The van der Waals surface area contributed by atoms with Crippen molar-refractivity contribution in [1.82, 2.24) is 0 Å². The van der Waals surface area contributed by atoms with Crippen LogP contribution in [-0.2, 0) is 10.8 Å². The zero-order chi connectivity index (χ0) is 10.7. The second kappa shape index (κ2) is 4.71. The lowest BCUT2D eigenvalue weighted by Crippen LogP contribution is -2.22. The Hall–Kier alpha value is -0.670. The summed E-state index contributed by atoms with van der Waals surface area (Å²) in [6.45, 7) is 6.39. The average molecular weight is 211 g/mol. The molecule has 14 heavy (non-hydrogen) atoms. The van der Waals surface area contributed by atoms with Crippen molar-refractivity contribution in [3.05, 3.63) is 29.3 Å². The van der Waals surface area contributed by atoms with Gasteiger partial charge in [-0.05, 0) is 32.4 Å². The Bertz CT molecular complexity index is 349. The third-order valence-electron chi connectivity index (χ3n) is 2.24. The minimum absolute atomic E-state index is 0.0245. The minimum atomic E-state index is -0.973. The van der Waals surface area contributed by atoms with E-state index in [2.05, 4.69) is 6.07 Å². The first-order chi connectivity index (χ1) is 6.56. The molecule has 1 aromatic rings. The van der Waals surface area contributed by atoms with Gasteiger partial charge >= 0.3 is 0 Å². The smallest absolute Gasteiger partial charge is 0.0573 e. The summed E-state index contributed by atoms with van der Waals surface area (Å²) in [5.41, 5.74) is 7.78. The molecule has 0 aliphatic heterocycles. The first kappa shape index (κ1) is 11.4. The molecule has 0 amide bonds. The van der Waals surface area contributed by atoms with Gasteiger partial charge in [0.05, 0.1) is 10.8 Å². The van der Waals surface area contributed by atoms with E-state index in [1.807, 2.05) is 32.9 Å². The normalized spacial score (nSPS) is 15.1. The van der Waals surface area contributed by atoms with Gasteiger partial charge in [0, 0.05) is 16.7 Å². The summed E-state index contributed by atoms with van der Waals surface area (Å²) in [4.78, 5) is 0.911. The Labute approximate surface area is 88.0 Å². The van der Waals surface area contributed by atoms with Crippen molar-refractivity contribution in [2.75, 3.05) is 6.54 Å². The first-order valence-electron chi connectivity index (χ1n) is 4.74. The summed E-state index contributed by atoms with van der Waals surface area (Å²) >= 11 is 0. The summed E-state index contributed by atoms with van der Waals surface area (Å²) < 4.78 is 11.9. The van der Waals surface area contributed by atoms with Crippen molar-refractivity contribution in [1.29, 1.82) is 0 Å². The predicted molar refractivity (Wildman–Crippen MR) is 60.8 cm³/mol. The van der Waals surface area contributed by atoms with Crippen LogP contribution in [0.3, 0.4) is 0 Å². The molecule has 0 spiro atoms. The Kier molecular flexibility index (Phi) is 3.84. The van der Waals surface area contributed by atoms with E-state index in [1.165, 1.54) is 5.56 Å². The van der Waals surface area contributed by atoms with E-state index in [0.29, 0.717) is 6.54 Å². The second-order valence-corrected chi connectivity index (χ2v) is 5.45. The molecule has 78 valence electrons. The topological polar surface area (TPSA) is 43.1 Å². The molecular formula is C11H17NOS. The van der Waals surface area contributed by atoms with Gasteiger partial charge in [0.15, 0.2) is 0 Å². The molecule has 0 heterocycles. The summed E-state index contributed by atoms with van der Waals surface area (Å²) in [6.07, 6.45) is 0. The second-order valence-electron chi connectivity index (χ2n) is 3.61. The van der Waals surface area contributed by atoms with Crippen LogP contribution in [0.1, 0.15) is 18.1 Å². The number of hydrogen-bond acceptors (Lipinski definition) is 2. The first-order valence-corrected chi connectivity index (χ1v) is 5.95. The number of aryl methyl sites for hydroxylation is 2. The van der Waals surface area contributed by atoms with E-state index < -0.39 is 10.8 Å². The van der Waals surface area contributed by atoms with Gasteiger partial charge < -0.3 is 5.73 Å². The Morgan fingerprint density at radius 1 is 1.43 bits per heavy atom. The third-order valence-corrected chi connectivity index (χ3v) is 4.06. The molecule has 0 aliphatic carbocycles. The van der Waals surface area contributed by atoms with Crippen LogP contribution in [0.15, 0.2) is 23.1 Å². The predicted octanol–water partition coefficient (Wildman–Crippen LogP) is 1.76. The Morgan fingerprint density at radius 3 is 2.57 bits per heavy atom. The van der Waals surface area contributed by atoms with E-state index in [1.54, 1.807) is 0 Å². The number of benzene rings is 1. The van der Waals surface area contributed by atoms with Crippen LogP contribution in [0.25, 0.3) is 0 Å². The molecular weight excluding hydrogens is 194 g/mol. The molecule has 0 aromatic heterocycles. The highest BCUT2D eigenvalue weighted by Gasteiger charge is 2.13. The summed E-state index contributed by atoms with van der Waals surface area (Å²) in [5, 5.41) is 0.0245. The summed E-state index contributed by atoms with van der Waals surface area (Å²) in [6, 6.07) is 5.98. The van der Waals surface area contributed by atoms with Crippen LogP contribution in [0.5, 0.6) is 0 Å². The van der Waals surface area contributed by atoms with Crippen LogP contribution in [0, 0.1) is 13.8 Å². The summed E-state index contributed by atoms with van der Waals surface area (Å²) in [7, 11) is -0.973. The largest absolute Gasteiger partial charge is 0.329 e. The van der Waals surface area contributed by atoms with E-state index in [9.17, 15) is 4.21 Å². The average Bonchev–Trinajstić information content (AvgIpc) is 2.15. The monoisotopic (exact) mass is 211 g/mol. The van der Waals surface area contributed by atoms with Gasteiger partial charge in [-0.1, -0.05) is 17.7 Å². The Balaban J connectivity index is 3.02. The molecule has 2 N–H and O–H groups in total. The van der Waals surface area contributed by atoms with Crippen molar-refractivity contribution in [3.63, 3.8) is 0 Å². The molecule has 0 saturated carbocycles. The van der Waals surface area contributed by atoms with E-state index in [4.69, 9.17) is 5.73 Å². The lowest BCUT2D eigenvalue weighted by molar-refractivity contribution is 0.673. The van der Waals surface area contributed by atoms with Gasteiger partial charge in [0.2, 0.25) is 0 Å². The van der Waals surface area contributed by atoms with E-state index in [-0.39, 0.29) is 5.25 Å². The molecule has 0 saturated heterocycles. The fourth-order valence-corrected chi connectivity index (χ4v) is 2.52. The van der Waals surface area contributed by atoms with Crippen molar-refractivity contribution < 1.29 is 4.21 Å². The maximum atomic E-state index is 11.9. The fraction of sp³-hybridized carbons (Fsp3) is 0.455. The summed E-state index contributed by atoms with van der Waals surface area (Å²) in [5.74, 6) is 0. The molecule has 2 atom stereocenters. The standard InChI is InChI=1S/C11H17NOS/c1-8-4-5-11(9(2)6-8)14(13)10(3)7-12/h4-6,10H,7,12H2,1-3H3. The van der Waals surface area contributed by atoms with Gasteiger partial charge in [-0.25, -0.2) is 0 Å². The van der Waals surface area contributed by atoms with Crippen molar-refractivity contribution in [2.45, 2.75) is 30.9 Å². The van der Waals surface area contributed by atoms with Crippen molar-refractivity contribution in [2.24, 2.45) is 5.73 Å². The maximum Gasteiger partial charge on any atom is 0.0573 e. The van der Waals surface area contributed by atoms with Crippen LogP contribution < -0.4 is 5.73 Å². The van der Waals surface area contributed by atoms with E-state index in [0.717, 1.165) is 10.5 Å². The molecule has 0 aliphatic rings. The highest BCUT2D eigenvalue weighted by molar-refractivity contribution is 7.85. The molecule has 2 nitrogen and oxygen atoms in total. The van der Waals surface area contributed by atoms with Crippen LogP contribution in [0.2, 0.25) is 0 Å². The van der Waals surface area contributed by atoms with Crippen LogP contribution in [-0.4, -0.2) is 16.0 Å². The van der Waals surface area contributed by atoms with Gasteiger partial charge in [-0.15, -0.1) is 0 Å². The zero-order valence-electron chi connectivity index (χ0n) is 8.91. The molecule has 1 aromatic carbocycles. The highest BCUT2D eigenvalue weighted by Crippen LogP contribution is 2.17. The SMILES string of the molecule is Cc1ccc(S(=O)C(C)CN)c(C)c1. The molecule has 0 bridgehead atoms. The van der Waals surface area contributed by atoms with E-state index >= 15 is 0 Å². The number of nitrogens with two attached hydrogens (primary N) is 1. The van der Waals surface area contributed by atoms with Crippen molar-refractivity contribution >= 4 is 10.8 Å². The lowest BCUT2D eigenvalue weighted by atomic mass is 10.2. The lowest BCUT2D eigenvalue weighted by Gasteiger charge is -2.11. The third kappa shape index (κ3) is 2.42.